The largest absolute Gasteiger partial charge is 0.508 e. The summed E-state index contributed by atoms with van der Waals surface area (Å²) in [5.74, 6) is 0.139. The topological polar surface area (TPSA) is 93.1 Å². The first-order valence-corrected chi connectivity index (χ1v) is 11.4. The predicted molar refractivity (Wildman–Crippen MR) is 137 cm³/mol. The van der Waals surface area contributed by atoms with Crippen LogP contribution in [-0.4, -0.2) is 22.2 Å². The number of ether oxygens (including phenoxy) is 2. The van der Waals surface area contributed by atoms with Crippen molar-refractivity contribution < 1.29 is 29.3 Å². The second-order valence-corrected chi connectivity index (χ2v) is 8.75. The van der Waals surface area contributed by atoms with Gasteiger partial charge in [-0.3, -0.25) is 0 Å². The molecule has 0 saturated heterocycles. The van der Waals surface area contributed by atoms with Gasteiger partial charge in [-0.2, -0.15) is 0 Å². The number of hydrogen-bond donors (Lipinski definition) is 2. The molecule has 2 N–H and O–H groups in total. The molecule has 4 aromatic rings. The maximum absolute atomic E-state index is 12.6. The second-order valence-electron chi connectivity index (χ2n) is 8.75. The first-order chi connectivity index (χ1) is 17.1. The van der Waals surface area contributed by atoms with E-state index in [0.29, 0.717) is 22.6 Å². The van der Waals surface area contributed by atoms with Crippen molar-refractivity contribution in [2.75, 3.05) is 0 Å². The van der Waals surface area contributed by atoms with E-state index in [1.54, 1.807) is 0 Å². The summed E-state index contributed by atoms with van der Waals surface area (Å²) >= 11 is 0. The summed E-state index contributed by atoms with van der Waals surface area (Å²) in [6.45, 7) is 7.51. The fourth-order valence-electron chi connectivity index (χ4n) is 4.05. The van der Waals surface area contributed by atoms with Gasteiger partial charge in [0.2, 0.25) is 0 Å². The van der Waals surface area contributed by atoms with E-state index in [2.05, 4.69) is 0 Å². The van der Waals surface area contributed by atoms with Crippen molar-refractivity contribution in [1.82, 2.24) is 0 Å². The Balaban J connectivity index is 1.58. The van der Waals surface area contributed by atoms with Gasteiger partial charge in [-0.05, 0) is 134 Å². The van der Waals surface area contributed by atoms with E-state index in [0.717, 1.165) is 33.4 Å². The summed E-state index contributed by atoms with van der Waals surface area (Å²) in [5, 5.41) is 18.9. The number of phenolic OH excluding ortho intramolecular Hbond substituents is 2. The highest BCUT2D eigenvalue weighted by Gasteiger charge is 2.17. The number of aryl methyl sites for hydroxylation is 4. The molecule has 0 fully saturated rings. The van der Waals surface area contributed by atoms with Crippen LogP contribution in [0.2, 0.25) is 0 Å². The van der Waals surface area contributed by atoms with Gasteiger partial charge < -0.3 is 19.7 Å². The molecule has 6 nitrogen and oxygen atoms in total. The molecule has 0 radical (unpaired) electrons. The fraction of sp³-hybridized carbons (Fsp3) is 0.133. The lowest BCUT2D eigenvalue weighted by Gasteiger charge is -2.16. The molecule has 36 heavy (non-hydrogen) atoms. The summed E-state index contributed by atoms with van der Waals surface area (Å²) in [6, 6.07) is 19.6. The summed E-state index contributed by atoms with van der Waals surface area (Å²) in [4.78, 5) is 25.1. The average molecular weight is 483 g/mol. The van der Waals surface area contributed by atoms with Crippen molar-refractivity contribution in [3.8, 4) is 34.1 Å². The van der Waals surface area contributed by atoms with Crippen molar-refractivity contribution in [1.29, 1.82) is 0 Å². The Labute approximate surface area is 209 Å². The Hall–Kier alpha value is -4.58. The molecule has 0 atom stereocenters. The molecule has 6 heteroatoms. The molecular formula is C30H26O6. The van der Waals surface area contributed by atoms with Crippen LogP contribution in [0.5, 0.6) is 23.0 Å². The smallest absolute Gasteiger partial charge is 0.343 e. The standard InChI is InChI=1S/C30H26O6/c1-17-13-23(14-18(2)27(17)35-29(33)21-5-9-25(31)10-6-21)24-15-19(3)28(20(4)16-24)36-30(34)22-7-11-26(32)12-8-22/h5-16,31-32H,1-4H3. The number of phenols is 2. The zero-order chi connectivity index (χ0) is 26.0. The molecule has 182 valence electrons. The van der Waals surface area contributed by atoms with Crippen LogP contribution in [0.25, 0.3) is 11.1 Å². The van der Waals surface area contributed by atoms with Crippen LogP contribution in [0, 0.1) is 27.7 Å². The van der Waals surface area contributed by atoms with Crippen molar-refractivity contribution in [2.45, 2.75) is 27.7 Å². The number of benzene rings is 4. The molecule has 0 heterocycles. The highest BCUT2D eigenvalue weighted by molar-refractivity contribution is 5.92. The van der Waals surface area contributed by atoms with E-state index < -0.39 is 11.9 Å². The van der Waals surface area contributed by atoms with Crippen LogP contribution in [0.3, 0.4) is 0 Å². The number of rotatable bonds is 5. The van der Waals surface area contributed by atoms with Crippen LogP contribution >= 0.6 is 0 Å². The zero-order valence-electron chi connectivity index (χ0n) is 20.5. The Morgan fingerprint density at radius 1 is 0.528 bits per heavy atom. The molecule has 0 amide bonds. The predicted octanol–water partition coefficient (Wildman–Crippen LogP) is 6.44. The summed E-state index contributed by atoms with van der Waals surface area (Å²) in [7, 11) is 0. The maximum Gasteiger partial charge on any atom is 0.343 e. The van der Waals surface area contributed by atoms with Gasteiger partial charge >= 0.3 is 11.9 Å². The van der Waals surface area contributed by atoms with Gasteiger partial charge in [0, 0.05) is 0 Å². The highest BCUT2D eigenvalue weighted by Crippen LogP contribution is 2.35. The average Bonchev–Trinajstić information content (AvgIpc) is 2.84. The van der Waals surface area contributed by atoms with Gasteiger partial charge in [0.25, 0.3) is 0 Å². The summed E-state index contributed by atoms with van der Waals surface area (Å²) in [6.07, 6.45) is 0. The van der Waals surface area contributed by atoms with Gasteiger partial charge in [0.1, 0.15) is 23.0 Å². The Morgan fingerprint density at radius 3 is 1.08 bits per heavy atom. The van der Waals surface area contributed by atoms with Crippen LogP contribution in [0.15, 0.2) is 72.8 Å². The molecule has 0 aliphatic carbocycles. The first-order valence-electron chi connectivity index (χ1n) is 11.4. The normalized spacial score (nSPS) is 10.7. The molecule has 0 aliphatic rings. The molecule has 0 bridgehead atoms. The van der Waals surface area contributed by atoms with Crippen molar-refractivity contribution in [2.24, 2.45) is 0 Å². The van der Waals surface area contributed by atoms with Gasteiger partial charge in [0.05, 0.1) is 11.1 Å². The quantitative estimate of drug-likeness (QED) is 0.251. The lowest BCUT2D eigenvalue weighted by molar-refractivity contribution is 0.0723. The number of esters is 2. The van der Waals surface area contributed by atoms with Crippen LogP contribution in [-0.2, 0) is 0 Å². The second kappa shape index (κ2) is 9.96. The molecule has 4 aromatic carbocycles. The monoisotopic (exact) mass is 482 g/mol. The SMILES string of the molecule is Cc1cc(-c2cc(C)c(OC(=O)c3ccc(O)cc3)c(C)c2)cc(C)c1OC(=O)c1ccc(O)cc1. The summed E-state index contributed by atoms with van der Waals surface area (Å²) < 4.78 is 11.3. The Bertz CT molecular complexity index is 1290. The molecule has 0 aliphatic heterocycles. The van der Waals surface area contributed by atoms with E-state index in [1.165, 1.54) is 48.5 Å². The van der Waals surface area contributed by atoms with E-state index in [-0.39, 0.29) is 11.5 Å². The van der Waals surface area contributed by atoms with Crippen LogP contribution < -0.4 is 9.47 Å². The molecule has 0 spiro atoms. The number of hydrogen-bond acceptors (Lipinski definition) is 6. The molecule has 0 aromatic heterocycles. The Morgan fingerprint density at radius 2 is 0.806 bits per heavy atom. The third-order valence-electron chi connectivity index (χ3n) is 5.85. The van der Waals surface area contributed by atoms with Crippen molar-refractivity contribution in [3.05, 3.63) is 106 Å². The minimum atomic E-state index is -0.500. The first kappa shape index (κ1) is 24.5. The van der Waals surface area contributed by atoms with E-state index >= 15 is 0 Å². The lowest BCUT2D eigenvalue weighted by atomic mass is 9.96. The van der Waals surface area contributed by atoms with Crippen molar-refractivity contribution >= 4 is 11.9 Å². The van der Waals surface area contributed by atoms with Gasteiger partial charge in [-0.15, -0.1) is 0 Å². The third kappa shape index (κ3) is 5.23. The number of aromatic hydroxyl groups is 2. The Kier molecular flexibility index (Phi) is 6.79. The van der Waals surface area contributed by atoms with E-state index in [1.807, 2.05) is 52.0 Å². The highest BCUT2D eigenvalue weighted by atomic mass is 16.5. The van der Waals surface area contributed by atoms with Gasteiger partial charge in [0.15, 0.2) is 0 Å². The molecule has 0 unspecified atom stereocenters. The van der Waals surface area contributed by atoms with Gasteiger partial charge in [-0.25, -0.2) is 9.59 Å². The van der Waals surface area contributed by atoms with E-state index in [9.17, 15) is 19.8 Å². The number of carbonyl (C=O) groups excluding carboxylic acids is 2. The van der Waals surface area contributed by atoms with Crippen LogP contribution in [0.1, 0.15) is 43.0 Å². The number of carbonyl (C=O) groups is 2. The zero-order valence-corrected chi connectivity index (χ0v) is 20.5. The lowest BCUT2D eigenvalue weighted by Crippen LogP contribution is -2.10. The minimum Gasteiger partial charge on any atom is -0.508 e. The molecular weight excluding hydrogens is 456 g/mol. The van der Waals surface area contributed by atoms with E-state index in [4.69, 9.17) is 9.47 Å². The molecule has 0 saturated carbocycles. The maximum atomic E-state index is 12.6. The summed E-state index contributed by atoms with van der Waals surface area (Å²) in [5.41, 5.74) is 5.78. The van der Waals surface area contributed by atoms with Gasteiger partial charge in [-0.1, -0.05) is 0 Å². The molecule has 4 rings (SSSR count). The third-order valence-corrected chi connectivity index (χ3v) is 5.85. The van der Waals surface area contributed by atoms with Crippen LogP contribution in [0.4, 0.5) is 0 Å². The van der Waals surface area contributed by atoms with Crippen molar-refractivity contribution in [3.63, 3.8) is 0 Å². The minimum absolute atomic E-state index is 0.0787. The fourth-order valence-corrected chi connectivity index (χ4v) is 4.05.